The lowest BCUT2D eigenvalue weighted by atomic mass is 9.65. The molecular formula is C52H46N2. The van der Waals surface area contributed by atoms with Gasteiger partial charge in [0.1, 0.15) is 0 Å². The fourth-order valence-corrected chi connectivity index (χ4v) is 11.0. The Morgan fingerprint density at radius 2 is 1.33 bits per heavy atom. The molecule has 3 atom stereocenters. The van der Waals surface area contributed by atoms with E-state index < -0.39 is 0 Å². The summed E-state index contributed by atoms with van der Waals surface area (Å²) in [4.78, 5) is 11.0. The van der Waals surface area contributed by atoms with Crippen LogP contribution in [0, 0.1) is 0 Å². The van der Waals surface area contributed by atoms with Crippen LogP contribution in [0.15, 0.2) is 173 Å². The summed E-state index contributed by atoms with van der Waals surface area (Å²) in [6.07, 6.45) is 31.4. The Bertz CT molecular complexity index is 2450. The number of fused-ring (bicyclic) bond motifs is 8. The molecule has 0 amide bonds. The third-order valence-corrected chi connectivity index (χ3v) is 13.8. The molecule has 264 valence electrons. The molecule has 2 nitrogen and oxygen atoms in total. The van der Waals surface area contributed by atoms with Crippen LogP contribution in [0.3, 0.4) is 0 Å². The Hall–Kier alpha value is -5.34. The summed E-state index contributed by atoms with van der Waals surface area (Å²) >= 11 is 0. The number of hydrogen-bond donors (Lipinski definition) is 0. The molecule has 0 aliphatic heterocycles. The average Bonchev–Trinajstić information content (AvgIpc) is 3.71. The Morgan fingerprint density at radius 3 is 2.11 bits per heavy atom. The molecule has 3 unspecified atom stereocenters. The van der Waals surface area contributed by atoms with E-state index in [0.29, 0.717) is 0 Å². The first-order chi connectivity index (χ1) is 26.6. The molecule has 0 bridgehead atoms. The maximum Gasteiger partial charge on any atom is 0.155 e. The zero-order valence-electron chi connectivity index (χ0n) is 31.2. The van der Waals surface area contributed by atoms with E-state index in [1.165, 1.54) is 67.1 Å². The van der Waals surface area contributed by atoms with Gasteiger partial charge in [-0.2, -0.15) is 0 Å². The Morgan fingerprint density at radius 1 is 0.630 bits per heavy atom. The highest BCUT2D eigenvalue weighted by Gasteiger charge is 2.54. The van der Waals surface area contributed by atoms with E-state index in [9.17, 15) is 0 Å². The predicted octanol–water partition coefficient (Wildman–Crippen LogP) is 12.7. The van der Waals surface area contributed by atoms with Crippen molar-refractivity contribution < 1.29 is 0 Å². The number of allylic oxidation sites excluding steroid dienone is 16. The number of rotatable bonds is 4. The summed E-state index contributed by atoms with van der Waals surface area (Å²) in [6, 6.07) is 31.9. The van der Waals surface area contributed by atoms with Crippen LogP contribution in [0.5, 0.6) is 0 Å². The minimum Gasteiger partial charge on any atom is -0.233 e. The van der Waals surface area contributed by atoms with Gasteiger partial charge in [-0.1, -0.05) is 140 Å². The quantitative estimate of drug-likeness (QED) is 0.198. The van der Waals surface area contributed by atoms with Crippen molar-refractivity contribution in [3.05, 3.63) is 207 Å². The molecule has 0 fully saturated rings. The summed E-state index contributed by atoms with van der Waals surface area (Å²) in [5.41, 5.74) is 19.6. The first-order valence-corrected chi connectivity index (χ1v) is 20.4. The van der Waals surface area contributed by atoms with E-state index in [1.54, 1.807) is 11.1 Å². The molecule has 1 heterocycles. The number of hydrogen-bond acceptors (Lipinski definition) is 2. The van der Waals surface area contributed by atoms with E-state index in [-0.39, 0.29) is 22.7 Å². The van der Waals surface area contributed by atoms with Gasteiger partial charge in [-0.15, -0.1) is 0 Å². The van der Waals surface area contributed by atoms with Crippen LogP contribution in [-0.4, -0.2) is 9.97 Å². The van der Waals surface area contributed by atoms with E-state index in [4.69, 9.17) is 9.97 Å². The Labute approximate surface area is 319 Å². The summed E-state index contributed by atoms with van der Waals surface area (Å²) in [5.74, 6) is 1.39. The fourth-order valence-electron chi connectivity index (χ4n) is 11.0. The third kappa shape index (κ3) is 4.78. The molecule has 1 aromatic heterocycles. The van der Waals surface area contributed by atoms with Crippen LogP contribution in [0.2, 0.25) is 0 Å². The van der Waals surface area contributed by atoms with Crippen molar-refractivity contribution in [2.45, 2.75) is 87.4 Å². The van der Waals surface area contributed by atoms with Gasteiger partial charge in [0.05, 0.1) is 16.8 Å². The predicted molar refractivity (Wildman–Crippen MR) is 221 cm³/mol. The van der Waals surface area contributed by atoms with Gasteiger partial charge in [0, 0.05) is 17.3 Å². The molecule has 0 N–H and O–H groups in total. The lowest BCUT2D eigenvalue weighted by molar-refractivity contribution is 0.467. The van der Waals surface area contributed by atoms with Gasteiger partial charge >= 0.3 is 0 Å². The first-order valence-electron chi connectivity index (χ1n) is 20.4. The van der Waals surface area contributed by atoms with Crippen LogP contribution < -0.4 is 0 Å². The number of benzene rings is 3. The van der Waals surface area contributed by atoms with Gasteiger partial charge in [0.15, 0.2) is 5.82 Å². The molecule has 3 aromatic carbocycles. The molecule has 0 saturated heterocycles. The topological polar surface area (TPSA) is 25.8 Å². The third-order valence-electron chi connectivity index (χ3n) is 13.8. The normalized spacial score (nSPS) is 25.8. The van der Waals surface area contributed by atoms with Crippen LogP contribution in [0.25, 0.3) is 16.7 Å². The SMILES string of the molecule is CC1(c2ccccc2)C=CC(c2cc(C3C=CC4=C(C3)C3(C5=C4C=CCC5)c4ccccc4-c4ccccc43)nc(C3=CC4=C(C=CCC4)CC3)n2)CC1. The molecule has 11 rings (SSSR count). The Balaban J connectivity index is 1.03. The summed E-state index contributed by atoms with van der Waals surface area (Å²) in [6.45, 7) is 2.39. The first kappa shape index (κ1) is 32.1. The monoisotopic (exact) mass is 698 g/mol. The second kappa shape index (κ2) is 12.4. The molecule has 4 aromatic rings. The highest BCUT2D eigenvalue weighted by atomic mass is 14.9. The van der Waals surface area contributed by atoms with Crippen molar-refractivity contribution >= 4 is 5.57 Å². The number of aromatic nitrogens is 2. The van der Waals surface area contributed by atoms with Gasteiger partial charge in [-0.25, -0.2) is 9.97 Å². The molecule has 0 saturated carbocycles. The lowest BCUT2D eigenvalue weighted by Crippen LogP contribution is -2.30. The molecule has 0 radical (unpaired) electrons. The van der Waals surface area contributed by atoms with Crippen LogP contribution in [-0.2, 0) is 10.8 Å². The molecule has 7 aliphatic carbocycles. The highest BCUT2D eigenvalue weighted by molar-refractivity contribution is 5.89. The fraction of sp³-hybridized carbons (Fsp3) is 0.269. The van der Waals surface area contributed by atoms with Gasteiger partial charge in [-0.3, -0.25) is 0 Å². The minimum atomic E-state index is -0.221. The lowest BCUT2D eigenvalue weighted by Gasteiger charge is -2.37. The van der Waals surface area contributed by atoms with Crippen molar-refractivity contribution in [3.63, 3.8) is 0 Å². The summed E-state index contributed by atoms with van der Waals surface area (Å²) in [5, 5.41) is 0. The molecule has 7 aliphatic rings. The standard InChI is InChI=1S/C52H46N2/c1-51(39-15-3-2-4-16-39)29-27-35(28-30-51)48-33-49(54-50(53-48)38-24-23-34-13-5-6-14-36(34)31-38)37-25-26-43-42-19-9-12-22-46(42)52(47(43)32-37)44-20-10-7-17-40(44)41-18-8-11-21-45(41)52/h2-5,7-11,13,15-21,25-27,29,31,33,35,37H,6,12,14,22-24,28,30,32H2,1H3. The largest absolute Gasteiger partial charge is 0.233 e. The van der Waals surface area contributed by atoms with Crippen molar-refractivity contribution in [2.24, 2.45) is 0 Å². The van der Waals surface area contributed by atoms with Gasteiger partial charge in [-0.05, 0) is 131 Å². The van der Waals surface area contributed by atoms with Gasteiger partial charge in [0.25, 0.3) is 0 Å². The molecular weight excluding hydrogens is 653 g/mol. The Kier molecular flexibility index (Phi) is 7.35. The molecule has 2 heteroatoms. The van der Waals surface area contributed by atoms with Crippen molar-refractivity contribution in [2.75, 3.05) is 0 Å². The number of nitrogens with zero attached hydrogens (tertiary/aromatic N) is 2. The highest BCUT2D eigenvalue weighted by Crippen LogP contribution is 2.65. The minimum absolute atomic E-state index is 0.0416. The molecule has 54 heavy (non-hydrogen) atoms. The average molecular weight is 699 g/mol. The smallest absolute Gasteiger partial charge is 0.155 e. The maximum atomic E-state index is 5.55. The second-order valence-corrected chi connectivity index (χ2v) is 16.7. The van der Waals surface area contributed by atoms with Crippen molar-refractivity contribution in [1.29, 1.82) is 0 Å². The summed E-state index contributed by atoms with van der Waals surface area (Å²) < 4.78 is 0. The van der Waals surface area contributed by atoms with E-state index in [1.807, 2.05) is 0 Å². The zero-order valence-corrected chi connectivity index (χ0v) is 31.2. The van der Waals surface area contributed by atoms with Crippen molar-refractivity contribution in [3.8, 4) is 11.1 Å². The van der Waals surface area contributed by atoms with E-state index in [2.05, 4.69) is 147 Å². The summed E-state index contributed by atoms with van der Waals surface area (Å²) in [7, 11) is 0. The second-order valence-electron chi connectivity index (χ2n) is 16.7. The van der Waals surface area contributed by atoms with Crippen LogP contribution in [0.1, 0.15) is 110 Å². The van der Waals surface area contributed by atoms with Gasteiger partial charge in [0.2, 0.25) is 0 Å². The van der Waals surface area contributed by atoms with E-state index in [0.717, 1.165) is 63.6 Å². The van der Waals surface area contributed by atoms with Crippen molar-refractivity contribution in [1.82, 2.24) is 9.97 Å². The molecule has 1 spiro atoms. The van der Waals surface area contributed by atoms with Crippen LogP contribution >= 0.6 is 0 Å². The maximum absolute atomic E-state index is 5.55. The van der Waals surface area contributed by atoms with Crippen LogP contribution in [0.4, 0.5) is 0 Å². The van der Waals surface area contributed by atoms with Gasteiger partial charge < -0.3 is 0 Å². The van der Waals surface area contributed by atoms with E-state index >= 15 is 0 Å². The zero-order chi connectivity index (χ0) is 35.9.